The van der Waals surface area contributed by atoms with E-state index in [-0.39, 0.29) is 0 Å². The van der Waals surface area contributed by atoms with Gasteiger partial charge in [0.15, 0.2) is 0 Å². The van der Waals surface area contributed by atoms with Crippen LogP contribution in [0.5, 0.6) is 5.75 Å². The van der Waals surface area contributed by atoms with Gasteiger partial charge >= 0.3 is 0 Å². The monoisotopic (exact) mass is 265 g/mol. The van der Waals surface area contributed by atoms with E-state index in [2.05, 4.69) is 43.1 Å². The molecule has 3 rings (SSSR count). The van der Waals surface area contributed by atoms with Crippen LogP contribution in [0.25, 0.3) is 5.57 Å². The SMILES string of the molecule is CC(C)C1=C(c2cccnc2)c2ccccc2OCC1. The molecule has 0 N–H and O–H groups in total. The van der Waals surface area contributed by atoms with Crippen molar-refractivity contribution in [3.63, 3.8) is 0 Å². The summed E-state index contributed by atoms with van der Waals surface area (Å²) >= 11 is 0. The minimum atomic E-state index is 0.500. The Kier molecular flexibility index (Phi) is 3.55. The van der Waals surface area contributed by atoms with Crippen LogP contribution < -0.4 is 4.74 Å². The molecule has 0 atom stereocenters. The van der Waals surface area contributed by atoms with Gasteiger partial charge in [-0.2, -0.15) is 0 Å². The van der Waals surface area contributed by atoms with E-state index in [1.807, 2.05) is 24.5 Å². The summed E-state index contributed by atoms with van der Waals surface area (Å²) in [7, 11) is 0. The Bertz CT molecular complexity index is 629. The molecule has 0 spiro atoms. The second-order valence-corrected chi connectivity index (χ2v) is 5.39. The molecular formula is C18H19NO. The molecule has 1 aromatic carbocycles. The highest BCUT2D eigenvalue weighted by Crippen LogP contribution is 2.38. The van der Waals surface area contributed by atoms with Crippen LogP contribution in [-0.4, -0.2) is 11.6 Å². The molecule has 2 heterocycles. The van der Waals surface area contributed by atoms with E-state index in [9.17, 15) is 0 Å². The highest BCUT2D eigenvalue weighted by atomic mass is 16.5. The average Bonchev–Trinajstić information content (AvgIpc) is 2.67. The summed E-state index contributed by atoms with van der Waals surface area (Å²) in [6, 6.07) is 12.4. The van der Waals surface area contributed by atoms with E-state index < -0.39 is 0 Å². The predicted octanol–water partition coefficient (Wildman–Crippen LogP) is 4.32. The second-order valence-electron chi connectivity index (χ2n) is 5.39. The first kappa shape index (κ1) is 12.9. The molecule has 0 fully saturated rings. The number of hydrogen-bond acceptors (Lipinski definition) is 2. The lowest BCUT2D eigenvalue weighted by molar-refractivity contribution is 0.320. The van der Waals surface area contributed by atoms with Crippen molar-refractivity contribution in [2.75, 3.05) is 6.61 Å². The fourth-order valence-electron chi connectivity index (χ4n) is 2.80. The smallest absolute Gasteiger partial charge is 0.127 e. The van der Waals surface area contributed by atoms with Crippen molar-refractivity contribution >= 4 is 5.57 Å². The van der Waals surface area contributed by atoms with Crippen molar-refractivity contribution in [2.45, 2.75) is 20.3 Å². The van der Waals surface area contributed by atoms with E-state index >= 15 is 0 Å². The summed E-state index contributed by atoms with van der Waals surface area (Å²) in [5, 5.41) is 0. The summed E-state index contributed by atoms with van der Waals surface area (Å²) < 4.78 is 5.92. The number of nitrogens with zero attached hydrogens (tertiary/aromatic N) is 1. The maximum Gasteiger partial charge on any atom is 0.127 e. The van der Waals surface area contributed by atoms with Crippen molar-refractivity contribution in [1.82, 2.24) is 4.98 Å². The number of benzene rings is 1. The number of fused-ring (bicyclic) bond motifs is 1. The average molecular weight is 265 g/mol. The lowest BCUT2D eigenvalue weighted by atomic mass is 9.87. The quantitative estimate of drug-likeness (QED) is 0.806. The third kappa shape index (κ3) is 2.34. The Morgan fingerprint density at radius 1 is 1.10 bits per heavy atom. The molecule has 2 aromatic rings. The summed E-state index contributed by atoms with van der Waals surface area (Å²) in [5.74, 6) is 1.47. The molecule has 0 bridgehead atoms. The number of ether oxygens (including phenoxy) is 1. The number of hydrogen-bond donors (Lipinski definition) is 0. The topological polar surface area (TPSA) is 22.1 Å². The molecule has 2 heteroatoms. The van der Waals surface area contributed by atoms with Crippen LogP contribution in [0.3, 0.4) is 0 Å². The molecule has 1 aromatic heterocycles. The lowest BCUT2D eigenvalue weighted by Gasteiger charge is -2.16. The van der Waals surface area contributed by atoms with Gasteiger partial charge < -0.3 is 4.74 Å². The third-order valence-electron chi connectivity index (χ3n) is 3.75. The predicted molar refractivity (Wildman–Crippen MR) is 81.7 cm³/mol. The zero-order valence-electron chi connectivity index (χ0n) is 12.0. The van der Waals surface area contributed by atoms with E-state index in [4.69, 9.17) is 4.74 Å². The number of aromatic nitrogens is 1. The van der Waals surface area contributed by atoms with Crippen molar-refractivity contribution in [2.24, 2.45) is 5.92 Å². The maximum atomic E-state index is 5.92. The highest BCUT2D eigenvalue weighted by molar-refractivity contribution is 5.85. The molecule has 0 unspecified atom stereocenters. The molecule has 20 heavy (non-hydrogen) atoms. The van der Waals surface area contributed by atoms with Crippen LogP contribution in [0.2, 0.25) is 0 Å². The molecule has 1 aliphatic heterocycles. The van der Waals surface area contributed by atoms with Gasteiger partial charge in [0, 0.05) is 29.9 Å². The Morgan fingerprint density at radius 2 is 1.95 bits per heavy atom. The summed E-state index contributed by atoms with van der Waals surface area (Å²) in [6.45, 7) is 5.24. The third-order valence-corrected chi connectivity index (χ3v) is 3.75. The molecular weight excluding hydrogens is 246 g/mol. The van der Waals surface area contributed by atoms with Gasteiger partial charge in [0.2, 0.25) is 0 Å². The Balaban J connectivity index is 2.26. The van der Waals surface area contributed by atoms with Crippen LogP contribution >= 0.6 is 0 Å². The Labute approximate surface area is 120 Å². The largest absolute Gasteiger partial charge is 0.493 e. The molecule has 102 valence electrons. The van der Waals surface area contributed by atoms with Crippen molar-refractivity contribution < 1.29 is 4.74 Å². The zero-order chi connectivity index (χ0) is 13.9. The van der Waals surface area contributed by atoms with Gasteiger partial charge in [-0.05, 0) is 23.6 Å². The van der Waals surface area contributed by atoms with Crippen LogP contribution in [0.15, 0.2) is 54.4 Å². The van der Waals surface area contributed by atoms with E-state index in [0.29, 0.717) is 5.92 Å². The Morgan fingerprint density at radius 3 is 2.70 bits per heavy atom. The van der Waals surface area contributed by atoms with Crippen LogP contribution in [0.4, 0.5) is 0 Å². The Hall–Kier alpha value is -2.09. The normalized spacial score (nSPS) is 14.8. The van der Waals surface area contributed by atoms with Crippen LogP contribution in [0.1, 0.15) is 31.4 Å². The minimum Gasteiger partial charge on any atom is -0.493 e. The molecule has 0 saturated carbocycles. The minimum absolute atomic E-state index is 0.500. The van der Waals surface area contributed by atoms with E-state index in [1.165, 1.54) is 22.3 Å². The molecule has 0 amide bonds. The first-order chi connectivity index (χ1) is 9.77. The molecule has 1 aliphatic rings. The first-order valence-corrected chi connectivity index (χ1v) is 7.13. The van der Waals surface area contributed by atoms with Crippen LogP contribution in [0, 0.1) is 5.92 Å². The van der Waals surface area contributed by atoms with Crippen molar-refractivity contribution in [3.8, 4) is 5.75 Å². The first-order valence-electron chi connectivity index (χ1n) is 7.13. The van der Waals surface area contributed by atoms with E-state index in [1.54, 1.807) is 0 Å². The fraction of sp³-hybridized carbons (Fsp3) is 0.278. The number of rotatable bonds is 2. The van der Waals surface area contributed by atoms with Gasteiger partial charge in [-0.3, -0.25) is 4.98 Å². The number of pyridine rings is 1. The zero-order valence-corrected chi connectivity index (χ0v) is 12.0. The molecule has 0 aliphatic carbocycles. The fourth-order valence-corrected chi connectivity index (χ4v) is 2.80. The van der Waals surface area contributed by atoms with Gasteiger partial charge in [-0.15, -0.1) is 0 Å². The van der Waals surface area contributed by atoms with E-state index in [0.717, 1.165) is 18.8 Å². The van der Waals surface area contributed by atoms with Gasteiger partial charge in [-0.1, -0.05) is 43.7 Å². The standard InChI is InChI=1S/C18H19NO/c1-13(2)15-9-11-20-17-8-4-3-7-16(17)18(15)14-6-5-10-19-12-14/h3-8,10,12-13H,9,11H2,1-2H3. The van der Waals surface area contributed by atoms with Gasteiger partial charge in [0.25, 0.3) is 0 Å². The highest BCUT2D eigenvalue weighted by Gasteiger charge is 2.21. The molecule has 2 nitrogen and oxygen atoms in total. The lowest BCUT2D eigenvalue weighted by Crippen LogP contribution is -2.02. The molecule has 0 radical (unpaired) electrons. The summed E-state index contributed by atoms with van der Waals surface area (Å²) in [5.41, 5.74) is 5.10. The van der Waals surface area contributed by atoms with Gasteiger partial charge in [0.05, 0.1) is 6.61 Å². The summed E-state index contributed by atoms with van der Waals surface area (Å²) in [6.07, 6.45) is 4.73. The maximum absolute atomic E-state index is 5.92. The number of para-hydroxylation sites is 1. The van der Waals surface area contributed by atoms with Crippen LogP contribution in [-0.2, 0) is 0 Å². The van der Waals surface area contributed by atoms with Crippen molar-refractivity contribution in [1.29, 1.82) is 0 Å². The summed E-state index contributed by atoms with van der Waals surface area (Å²) in [4.78, 5) is 4.28. The second kappa shape index (κ2) is 5.49. The van der Waals surface area contributed by atoms with Gasteiger partial charge in [-0.25, -0.2) is 0 Å². The van der Waals surface area contributed by atoms with Gasteiger partial charge in [0.1, 0.15) is 5.75 Å². The molecule has 0 saturated heterocycles. The van der Waals surface area contributed by atoms with Crippen molar-refractivity contribution in [3.05, 3.63) is 65.5 Å².